The highest BCUT2D eigenvalue weighted by atomic mass is 19.4. The van der Waals surface area contributed by atoms with Gasteiger partial charge in [0.2, 0.25) is 5.56 Å². The predicted octanol–water partition coefficient (Wildman–Crippen LogP) is 2.85. The predicted molar refractivity (Wildman–Crippen MR) is 68.8 cm³/mol. The van der Waals surface area contributed by atoms with Crippen molar-refractivity contribution in [3.8, 4) is 11.1 Å². The Morgan fingerprint density at radius 3 is 2.52 bits per heavy atom. The van der Waals surface area contributed by atoms with Crippen LogP contribution in [0.15, 0.2) is 41.2 Å². The number of rotatable bonds is 2. The Hall–Kier alpha value is -2.57. The van der Waals surface area contributed by atoms with Crippen LogP contribution >= 0.6 is 0 Å². The molecule has 0 spiro atoms. The van der Waals surface area contributed by atoms with Gasteiger partial charge in [0, 0.05) is 11.6 Å². The van der Waals surface area contributed by atoms with E-state index in [-0.39, 0.29) is 16.8 Å². The van der Waals surface area contributed by atoms with Gasteiger partial charge in [0.15, 0.2) is 0 Å². The van der Waals surface area contributed by atoms with Crippen molar-refractivity contribution < 1.29 is 22.7 Å². The minimum absolute atomic E-state index is 0.154. The Morgan fingerprint density at radius 1 is 1.19 bits per heavy atom. The number of methoxy groups -OCH3 is 1. The second-order valence-electron chi connectivity index (χ2n) is 4.18. The zero-order valence-electron chi connectivity index (χ0n) is 10.8. The molecule has 0 radical (unpaired) electrons. The molecule has 21 heavy (non-hydrogen) atoms. The molecular weight excluding hydrogens is 287 g/mol. The van der Waals surface area contributed by atoms with Crippen LogP contribution in [-0.4, -0.2) is 18.1 Å². The second kappa shape index (κ2) is 5.43. The van der Waals surface area contributed by atoms with Gasteiger partial charge in [-0.05, 0) is 23.8 Å². The molecule has 110 valence electrons. The number of ether oxygens (including phenoxy) is 1. The Bertz CT molecular complexity index is 735. The van der Waals surface area contributed by atoms with E-state index < -0.39 is 23.3 Å². The lowest BCUT2D eigenvalue weighted by molar-refractivity contribution is -0.137. The van der Waals surface area contributed by atoms with Crippen LogP contribution in [0.1, 0.15) is 16.1 Å². The van der Waals surface area contributed by atoms with Crippen LogP contribution in [0.25, 0.3) is 11.1 Å². The van der Waals surface area contributed by atoms with E-state index in [4.69, 9.17) is 0 Å². The molecule has 2 rings (SSSR count). The minimum atomic E-state index is -4.50. The smallest absolute Gasteiger partial charge is 0.416 e. The molecule has 0 amide bonds. The molecule has 0 fully saturated rings. The summed E-state index contributed by atoms with van der Waals surface area (Å²) < 4.78 is 42.7. The van der Waals surface area contributed by atoms with Crippen molar-refractivity contribution in [1.29, 1.82) is 0 Å². The van der Waals surface area contributed by atoms with E-state index in [1.54, 1.807) is 0 Å². The molecule has 2 aromatic rings. The van der Waals surface area contributed by atoms with Crippen LogP contribution < -0.4 is 5.56 Å². The maximum Gasteiger partial charge on any atom is 0.416 e. The maximum absolute atomic E-state index is 12.7. The minimum Gasteiger partial charge on any atom is -0.464 e. The summed E-state index contributed by atoms with van der Waals surface area (Å²) in [5.74, 6) is -0.833. The van der Waals surface area contributed by atoms with Gasteiger partial charge in [-0.3, -0.25) is 4.79 Å². The van der Waals surface area contributed by atoms with Crippen LogP contribution in [0, 0.1) is 0 Å². The fourth-order valence-electron chi connectivity index (χ4n) is 1.84. The van der Waals surface area contributed by atoms with E-state index >= 15 is 0 Å². The van der Waals surface area contributed by atoms with Gasteiger partial charge in [0.25, 0.3) is 0 Å². The third kappa shape index (κ3) is 3.13. The van der Waals surface area contributed by atoms with Crippen LogP contribution in [0.5, 0.6) is 0 Å². The topological polar surface area (TPSA) is 59.2 Å². The van der Waals surface area contributed by atoms with Gasteiger partial charge in [-0.1, -0.05) is 12.1 Å². The Morgan fingerprint density at radius 2 is 1.90 bits per heavy atom. The third-order valence-corrected chi connectivity index (χ3v) is 2.81. The summed E-state index contributed by atoms with van der Waals surface area (Å²) in [5.41, 5.74) is -1.27. The van der Waals surface area contributed by atoms with Gasteiger partial charge >= 0.3 is 12.1 Å². The number of pyridine rings is 1. The molecule has 0 bridgehead atoms. The quantitative estimate of drug-likeness (QED) is 0.867. The maximum atomic E-state index is 12.7. The molecular formula is C14H10F3NO3. The molecule has 0 unspecified atom stereocenters. The largest absolute Gasteiger partial charge is 0.464 e. The van der Waals surface area contributed by atoms with Crippen LogP contribution in [-0.2, 0) is 10.9 Å². The average Bonchev–Trinajstić information content (AvgIpc) is 2.45. The zero-order chi connectivity index (χ0) is 15.6. The first kappa shape index (κ1) is 14.8. The molecule has 4 nitrogen and oxygen atoms in total. The van der Waals surface area contributed by atoms with Crippen LogP contribution in [0.4, 0.5) is 13.2 Å². The van der Waals surface area contributed by atoms with Crippen molar-refractivity contribution in [2.45, 2.75) is 6.18 Å². The van der Waals surface area contributed by atoms with Crippen LogP contribution in [0.3, 0.4) is 0 Å². The van der Waals surface area contributed by atoms with Crippen molar-refractivity contribution in [1.82, 2.24) is 4.98 Å². The summed E-state index contributed by atoms with van der Waals surface area (Å²) >= 11 is 0. The summed E-state index contributed by atoms with van der Waals surface area (Å²) in [5, 5.41) is 0. The second-order valence-corrected chi connectivity index (χ2v) is 4.18. The molecule has 1 aromatic carbocycles. The van der Waals surface area contributed by atoms with Gasteiger partial charge in [-0.15, -0.1) is 0 Å². The number of hydrogen-bond acceptors (Lipinski definition) is 3. The van der Waals surface area contributed by atoms with E-state index in [2.05, 4.69) is 9.72 Å². The van der Waals surface area contributed by atoms with E-state index in [0.717, 1.165) is 25.3 Å². The fourth-order valence-corrected chi connectivity index (χ4v) is 1.84. The number of hydrogen-bond donors (Lipinski definition) is 1. The first-order chi connectivity index (χ1) is 9.82. The zero-order valence-corrected chi connectivity index (χ0v) is 10.8. The highest BCUT2D eigenvalue weighted by Crippen LogP contribution is 2.32. The van der Waals surface area contributed by atoms with Gasteiger partial charge in [-0.2, -0.15) is 13.2 Å². The molecule has 1 N–H and O–H groups in total. The van der Waals surface area contributed by atoms with Gasteiger partial charge < -0.3 is 9.72 Å². The molecule has 0 saturated heterocycles. The standard InChI is InChI=1S/C14H10F3NO3/c1-21-13(20)12-10(5-6-11(19)18-12)8-3-2-4-9(7-8)14(15,16)17/h2-7H,1H3,(H,18,19). The number of halogens is 3. The number of benzene rings is 1. The van der Waals surface area contributed by atoms with Crippen molar-refractivity contribution in [3.05, 3.63) is 58.0 Å². The Kier molecular flexibility index (Phi) is 3.84. The highest BCUT2D eigenvalue weighted by Gasteiger charge is 2.30. The summed E-state index contributed by atoms with van der Waals surface area (Å²) in [7, 11) is 1.11. The van der Waals surface area contributed by atoms with E-state index in [1.165, 1.54) is 18.2 Å². The van der Waals surface area contributed by atoms with E-state index in [9.17, 15) is 22.8 Å². The number of alkyl halides is 3. The van der Waals surface area contributed by atoms with Gasteiger partial charge in [-0.25, -0.2) is 4.79 Å². The normalized spacial score (nSPS) is 11.2. The number of esters is 1. The number of nitrogens with one attached hydrogen (secondary N) is 1. The average molecular weight is 297 g/mol. The van der Waals surface area contributed by atoms with Gasteiger partial charge in [0.1, 0.15) is 5.69 Å². The summed E-state index contributed by atoms with van der Waals surface area (Å²) in [6.07, 6.45) is -4.50. The fraction of sp³-hybridized carbons (Fsp3) is 0.143. The molecule has 0 aliphatic heterocycles. The number of carbonyl (C=O) groups excluding carboxylic acids is 1. The number of aromatic nitrogens is 1. The molecule has 1 aromatic heterocycles. The SMILES string of the molecule is COC(=O)c1[nH]c(=O)ccc1-c1cccc(C(F)(F)F)c1. The number of aromatic amines is 1. The first-order valence-corrected chi connectivity index (χ1v) is 5.82. The number of H-pyrrole nitrogens is 1. The molecule has 0 aliphatic carbocycles. The van der Waals surface area contributed by atoms with E-state index in [0.29, 0.717) is 0 Å². The Labute approximate surface area is 117 Å². The summed E-state index contributed by atoms with van der Waals surface area (Å²) in [4.78, 5) is 25.2. The van der Waals surface area contributed by atoms with E-state index in [1.807, 2.05) is 0 Å². The lowest BCUT2D eigenvalue weighted by Crippen LogP contribution is -2.14. The van der Waals surface area contributed by atoms with Crippen molar-refractivity contribution in [3.63, 3.8) is 0 Å². The molecule has 7 heteroatoms. The Balaban J connectivity index is 2.62. The highest BCUT2D eigenvalue weighted by molar-refractivity contribution is 5.95. The van der Waals surface area contributed by atoms with Crippen molar-refractivity contribution in [2.75, 3.05) is 7.11 Å². The summed E-state index contributed by atoms with van der Waals surface area (Å²) in [6, 6.07) is 6.87. The lowest BCUT2D eigenvalue weighted by atomic mass is 10.0. The molecule has 0 atom stereocenters. The first-order valence-electron chi connectivity index (χ1n) is 5.82. The van der Waals surface area contributed by atoms with Gasteiger partial charge in [0.05, 0.1) is 12.7 Å². The molecule has 1 heterocycles. The van der Waals surface area contributed by atoms with Crippen molar-refractivity contribution >= 4 is 5.97 Å². The summed E-state index contributed by atoms with van der Waals surface area (Å²) in [6.45, 7) is 0. The molecule has 0 aliphatic rings. The lowest BCUT2D eigenvalue weighted by Gasteiger charge is -2.11. The third-order valence-electron chi connectivity index (χ3n) is 2.81. The monoisotopic (exact) mass is 297 g/mol. The van der Waals surface area contributed by atoms with Crippen molar-refractivity contribution in [2.24, 2.45) is 0 Å². The molecule has 0 saturated carbocycles. The van der Waals surface area contributed by atoms with Crippen LogP contribution in [0.2, 0.25) is 0 Å². The number of carbonyl (C=O) groups is 1.